The molecule has 1 amide bonds. The third-order valence-corrected chi connectivity index (χ3v) is 5.68. The molecule has 2 aromatic rings. The molecule has 4 heterocycles. The lowest BCUT2D eigenvalue weighted by atomic mass is 10.0. The van der Waals surface area contributed by atoms with Crippen molar-refractivity contribution in [1.29, 1.82) is 0 Å². The number of furan rings is 1. The fourth-order valence-corrected chi connectivity index (χ4v) is 3.96. The van der Waals surface area contributed by atoms with E-state index < -0.39 is 0 Å². The molecule has 2 atom stereocenters. The number of carbonyl (C=O) groups is 1. The van der Waals surface area contributed by atoms with Gasteiger partial charge in [0, 0.05) is 44.8 Å². The Labute approximate surface area is 165 Å². The summed E-state index contributed by atoms with van der Waals surface area (Å²) in [6.45, 7) is 8.94. The molecule has 2 aliphatic rings. The number of carbonyl (C=O) groups excluding carboxylic acids is 1. The topological polar surface area (TPSA) is 85.4 Å². The molecule has 0 aromatic carbocycles. The van der Waals surface area contributed by atoms with Crippen LogP contribution < -0.4 is 5.32 Å². The molecule has 1 N–H and O–H groups in total. The molecule has 0 radical (unpaired) electrons. The van der Waals surface area contributed by atoms with Crippen LogP contribution in [0, 0.1) is 11.8 Å². The van der Waals surface area contributed by atoms with Gasteiger partial charge in [-0.25, -0.2) is 0 Å². The van der Waals surface area contributed by atoms with E-state index in [1.807, 2.05) is 6.07 Å². The van der Waals surface area contributed by atoms with Gasteiger partial charge in [-0.2, -0.15) is 0 Å². The van der Waals surface area contributed by atoms with E-state index in [0.29, 0.717) is 13.2 Å². The summed E-state index contributed by atoms with van der Waals surface area (Å²) in [5.74, 6) is 2.09. The average molecular weight is 387 g/mol. The standard InChI is InChI=1S/C20H29N5O3/c1-14(2)18(21-20(26)16-5-10-28-13-16)19-23-22-17-3-6-24(7-8-25(17)19)11-15-4-9-27-12-15/h4,9,12,14,16,18H,3,5-8,10-11,13H2,1-2H3,(H,21,26). The van der Waals surface area contributed by atoms with Crippen LogP contribution in [0.25, 0.3) is 0 Å². The number of hydrogen-bond acceptors (Lipinski definition) is 6. The molecular weight excluding hydrogens is 358 g/mol. The molecule has 0 spiro atoms. The molecule has 152 valence electrons. The molecule has 8 heteroatoms. The second-order valence-electron chi connectivity index (χ2n) is 8.07. The van der Waals surface area contributed by atoms with Crippen molar-refractivity contribution in [3.8, 4) is 0 Å². The van der Waals surface area contributed by atoms with Gasteiger partial charge in [-0.05, 0) is 18.4 Å². The summed E-state index contributed by atoms with van der Waals surface area (Å²) >= 11 is 0. The number of aromatic nitrogens is 3. The van der Waals surface area contributed by atoms with Crippen molar-refractivity contribution in [2.75, 3.05) is 26.3 Å². The zero-order valence-corrected chi connectivity index (χ0v) is 16.6. The maximum Gasteiger partial charge on any atom is 0.226 e. The summed E-state index contributed by atoms with van der Waals surface area (Å²) in [5.41, 5.74) is 1.18. The fourth-order valence-electron chi connectivity index (χ4n) is 3.96. The highest BCUT2D eigenvalue weighted by atomic mass is 16.5. The minimum atomic E-state index is -0.144. The van der Waals surface area contributed by atoms with E-state index in [0.717, 1.165) is 50.7 Å². The lowest BCUT2D eigenvalue weighted by Crippen LogP contribution is -2.38. The molecule has 0 aliphatic carbocycles. The van der Waals surface area contributed by atoms with Gasteiger partial charge in [0.2, 0.25) is 5.91 Å². The van der Waals surface area contributed by atoms with E-state index in [2.05, 4.69) is 38.8 Å². The first-order valence-electron chi connectivity index (χ1n) is 10.2. The molecule has 4 rings (SSSR count). The van der Waals surface area contributed by atoms with Crippen LogP contribution in [0.4, 0.5) is 0 Å². The van der Waals surface area contributed by atoms with E-state index in [1.54, 1.807) is 12.5 Å². The highest BCUT2D eigenvalue weighted by molar-refractivity contribution is 5.79. The second kappa shape index (κ2) is 8.45. The minimum Gasteiger partial charge on any atom is -0.472 e. The highest BCUT2D eigenvalue weighted by Gasteiger charge is 2.31. The summed E-state index contributed by atoms with van der Waals surface area (Å²) in [4.78, 5) is 15.1. The molecule has 1 fully saturated rings. The van der Waals surface area contributed by atoms with Crippen LogP contribution in [0.5, 0.6) is 0 Å². The first kappa shape index (κ1) is 19.1. The summed E-state index contributed by atoms with van der Waals surface area (Å²) < 4.78 is 12.8. The maximum atomic E-state index is 12.7. The Hall–Kier alpha value is -2.19. The van der Waals surface area contributed by atoms with Gasteiger partial charge in [-0.3, -0.25) is 9.69 Å². The third kappa shape index (κ3) is 4.12. The number of nitrogens with zero attached hydrogens (tertiary/aromatic N) is 4. The fraction of sp³-hybridized carbons (Fsp3) is 0.650. The van der Waals surface area contributed by atoms with Crippen LogP contribution in [0.3, 0.4) is 0 Å². The van der Waals surface area contributed by atoms with Gasteiger partial charge in [-0.1, -0.05) is 13.8 Å². The van der Waals surface area contributed by atoms with Crippen molar-refractivity contribution in [3.63, 3.8) is 0 Å². The van der Waals surface area contributed by atoms with E-state index in [4.69, 9.17) is 9.15 Å². The second-order valence-corrected chi connectivity index (χ2v) is 8.07. The summed E-state index contributed by atoms with van der Waals surface area (Å²) in [7, 11) is 0. The van der Waals surface area contributed by atoms with Crippen molar-refractivity contribution in [2.45, 2.75) is 45.8 Å². The number of rotatable bonds is 6. The summed E-state index contributed by atoms with van der Waals surface area (Å²) in [6.07, 6.45) is 5.15. The Kier molecular flexibility index (Phi) is 5.77. The van der Waals surface area contributed by atoms with Crippen molar-refractivity contribution < 1.29 is 13.9 Å². The maximum absolute atomic E-state index is 12.7. The van der Waals surface area contributed by atoms with Crippen LogP contribution in [-0.4, -0.2) is 51.9 Å². The lowest BCUT2D eigenvalue weighted by molar-refractivity contribution is -0.126. The Bertz CT molecular complexity index is 780. The Morgan fingerprint density at radius 3 is 2.93 bits per heavy atom. The number of fused-ring (bicyclic) bond motifs is 1. The minimum absolute atomic E-state index is 0.0572. The van der Waals surface area contributed by atoms with Gasteiger partial charge in [0.05, 0.1) is 31.1 Å². The molecule has 8 nitrogen and oxygen atoms in total. The highest BCUT2D eigenvalue weighted by Crippen LogP contribution is 2.24. The van der Waals surface area contributed by atoms with Crippen molar-refractivity contribution in [3.05, 3.63) is 35.8 Å². The van der Waals surface area contributed by atoms with Gasteiger partial charge in [0.25, 0.3) is 0 Å². The van der Waals surface area contributed by atoms with Crippen molar-refractivity contribution >= 4 is 5.91 Å². The van der Waals surface area contributed by atoms with Gasteiger partial charge in [0.15, 0.2) is 5.82 Å². The van der Waals surface area contributed by atoms with E-state index in [-0.39, 0.29) is 23.8 Å². The zero-order valence-electron chi connectivity index (χ0n) is 16.6. The zero-order chi connectivity index (χ0) is 19.5. The molecular formula is C20H29N5O3. The average Bonchev–Trinajstić information content (AvgIpc) is 3.42. The largest absolute Gasteiger partial charge is 0.472 e. The Balaban J connectivity index is 1.46. The van der Waals surface area contributed by atoms with Crippen LogP contribution in [0.2, 0.25) is 0 Å². The van der Waals surface area contributed by atoms with Gasteiger partial charge < -0.3 is 19.0 Å². The van der Waals surface area contributed by atoms with E-state index in [1.165, 1.54) is 5.56 Å². The van der Waals surface area contributed by atoms with E-state index >= 15 is 0 Å². The molecule has 2 unspecified atom stereocenters. The van der Waals surface area contributed by atoms with Crippen LogP contribution in [0.1, 0.15) is 43.5 Å². The van der Waals surface area contributed by atoms with E-state index in [9.17, 15) is 4.79 Å². The molecule has 2 aliphatic heterocycles. The summed E-state index contributed by atoms with van der Waals surface area (Å²) in [5, 5.41) is 12.1. The summed E-state index contributed by atoms with van der Waals surface area (Å²) in [6, 6.07) is 1.86. The van der Waals surface area contributed by atoms with Crippen LogP contribution in [0.15, 0.2) is 23.0 Å². The third-order valence-electron chi connectivity index (χ3n) is 5.68. The predicted octanol–water partition coefficient (Wildman–Crippen LogP) is 1.78. The number of ether oxygens (including phenoxy) is 1. The molecule has 0 bridgehead atoms. The number of nitrogens with one attached hydrogen (secondary N) is 1. The van der Waals surface area contributed by atoms with Crippen LogP contribution >= 0.6 is 0 Å². The van der Waals surface area contributed by atoms with Crippen molar-refractivity contribution in [2.24, 2.45) is 11.8 Å². The normalized spacial score (nSPS) is 21.5. The number of amides is 1. The Morgan fingerprint density at radius 2 is 2.21 bits per heavy atom. The van der Waals surface area contributed by atoms with Crippen LogP contribution in [-0.2, 0) is 29.0 Å². The lowest BCUT2D eigenvalue weighted by Gasteiger charge is -2.24. The monoisotopic (exact) mass is 387 g/mol. The van der Waals surface area contributed by atoms with Crippen molar-refractivity contribution in [1.82, 2.24) is 25.0 Å². The molecule has 28 heavy (non-hydrogen) atoms. The first-order chi connectivity index (χ1) is 13.6. The molecule has 2 aromatic heterocycles. The SMILES string of the molecule is CC(C)C(NC(=O)C1CCOC1)c1nnc2n1CCN(Cc1ccoc1)CC2. The quantitative estimate of drug-likeness (QED) is 0.813. The molecule has 1 saturated heterocycles. The first-order valence-corrected chi connectivity index (χ1v) is 10.2. The van der Waals surface area contributed by atoms with Gasteiger partial charge >= 0.3 is 0 Å². The molecule has 0 saturated carbocycles. The predicted molar refractivity (Wildman–Crippen MR) is 102 cm³/mol. The number of hydrogen-bond donors (Lipinski definition) is 1. The van der Waals surface area contributed by atoms with Gasteiger partial charge in [0.1, 0.15) is 5.82 Å². The van der Waals surface area contributed by atoms with Gasteiger partial charge in [-0.15, -0.1) is 10.2 Å². The smallest absolute Gasteiger partial charge is 0.226 e. The Morgan fingerprint density at radius 1 is 1.32 bits per heavy atom.